The molecule has 0 atom stereocenters. The van der Waals surface area contributed by atoms with Crippen molar-refractivity contribution in [3.05, 3.63) is 193 Å². The average Bonchev–Trinajstić information content (AvgIpc) is 3.27. The first-order valence-electron chi connectivity index (χ1n) is 21.1. The van der Waals surface area contributed by atoms with E-state index in [9.17, 15) is 0 Å². The maximum atomic E-state index is 7.19. The summed E-state index contributed by atoms with van der Waals surface area (Å²) in [6.07, 6.45) is 1.86. The Kier molecular flexibility index (Phi) is 9.07. The van der Waals surface area contributed by atoms with Gasteiger partial charge in [0.25, 0.3) is 6.71 Å². The number of hydrogen-bond donors (Lipinski definition) is 0. The number of rotatable bonds is 6. The van der Waals surface area contributed by atoms with Crippen molar-refractivity contribution in [3.63, 3.8) is 0 Å². The maximum absolute atomic E-state index is 7.19. The molecular weight excluding hydrogens is 746 g/mol. The van der Waals surface area contributed by atoms with Crippen LogP contribution in [0.1, 0.15) is 52.7 Å². The quantitative estimate of drug-likeness (QED) is 0.124. The number of hydrogen-bond acceptors (Lipinski definition) is 3. The average molecular weight is 794 g/mol. The predicted octanol–water partition coefficient (Wildman–Crippen LogP) is 9.12. The van der Waals surface area contributed by atoms with Crippen molar-refractivity contribution in [2.75, 3.05) is 0 Å². The lowest BCUT2D eigenvalue weighted by Crippen LogP contribution is -2.74. The zero-order valence-electron chi connectivity index (χ0n) is 35.2. The van der Waals surface area contributed by atoms with Gasteiger partial charge in [-0.25, -0.2) is 0 Å². The van der Waals surface area contributed by atoms with Crippen molar-refractivity contribution in [1.82, 2.24) is 4.98 Å². The topological polar surface area (TPSA) is 31.4 Å². The molecule has 0 aliphatic carbocycles. The summed E-state index contributed by atoms with van der Waals surface area (Å²) >= 11 is 0. The Morgan fingerprint density at radius 3 is 1.35 bits per heavy atom. The highest BCUT2D eigenvalue weighted by Gasteiger charge is 2.45. The third-order valence-electron chi connectivity index (χ3n) is 12.5. The van der Waals surface area contributed by atoms with Gasteiger partial charge in [-0.2, -0.15) is 0 Å². The lowest BCUT2D eigenvalue weighted by molar-refractivity contribution is 0.465. The first kappa shape index (κ1) is 37.8. The highest BCUT2D eigenvalue weighted by molar-refractivity contribution is 7.19. The second-order valence-corrected chi connectivity index (χ2v) is 22.1. The molecule has 60 heavy (non-hydrogen) atoms. The molecule has 0 amide bonds. The van der Waals surface area contributed by atoms with E-state index < -0.39 is 8.07 Å². The summed E-state index contributed by atoms with van der Waals surface area (Å²) in [7, 11) is -2.72. The lowest BCUT2D eigenvalue weighted by atomic mass is 9.34. The molecule has 3 heterocycles. The molecular formula is C55H48BNO2Si. The molecule has 7 aromatic carbocycles. The summed E-state index contributed by atoms with van der Waals surface area (Å²) in [6.45, 7) is 13.6. The van der Waals surface area contributed by atoms with Crippen LogP contribution in [0.4, 0.5) is 0 Å². The number of ether oxygens (including phenoxy) is 2. The SMILES string of the molecule is CC(C)(C)c1ccc2c(c1)B1c3cc(C(C)(C)C)ccc3Oc3c(-c4ccccn4)cc(-c4ccc([Si](c5ccccc5)(c5ccccc5)c5ccccc5)cc4)c(c31)O2. The predicted molar refractivity (Wildman–Crippen MR) is 254 cm³/mol. The second-order valence-electron chi connectivity index (χ2n) is 18.3. The molecule has 3 nitrogen and oxygen atoms in total. The molecule has 292 valence electrons. The molecule has 0 fully saturated rings. The largest absolute Gasteiger partial charge is 0.458 e. The van der Waals surface area contributed by atoms with Crippen molar-refractivity contribution in [2.24, 2.45) is 0 Å². The molecule has 0 saturated heterocycles. The Balaban J connectivity index is 1.23. The molecule has 0 radical (unpaired) electrons. The minimum absolute atomic E-state index is 0.0418. The van der Waals surface area contributed by atoms with E-state index in [2.05, 4.69) is 211 Å². The first-order valence-corrected chi connectivity index (χ1v) is 23.1. The fraction of sp³-hybridized carbons (Fsp3) is 0.145. The maximum Gasteiger partial charge on any atom is 0.260 e. The Morgan fingerprint density at radius 1 is 0.450 bits per heavy atom. The third-order valence-corrected chi connectivity index (χ3v) is 17.3. The second kappa shape index (κ2) is 14.4. The van der Waals surface area contributed by atoms with Gasteiger partial charge in [-0.1, -0.05) is 187 Å². The number of aromatic nitrogens is 1. The minimum Gasteiger partial charge on any atom is -0.458 e. The van der Waals surface area contributed by atoms with Crippen LogP contribution < -0.4 is 46.6 Å². The van der Waals surface area contributed by atoms with Gasteiger partial charge in [-0.05, 0) is 89.5 Å². The molecule has 0 N–H and O–H groups in total. The highest BCUT2D eigenvalue weighted by Crippen LogP contribution is 2.46. The summed E-state index contributed by atoms with van der Waals surface area (Å²) in [6, 6.07) is 64.5. The van der Waals surface area contributed by atoms with Gasteiger partial charge >= 0.3 is 0 Å². The van der Waals surface area contributed by atoms with Crippen LogP contribution in [0, 0.1) is 0 Å². The molecule has 0 bridgehead atoms. The summed E-state index contributed by atoms with van der Waals surface area (Å²) in [4.78, 5) is 4.92. The van der Waals surface area contributed by atoms with Crippen molar-refractivity contribution < 1.29 is 9.47 Å². The molecule has 0 spiro atoms. The van der Waals surface area contributed by atoms with Crippen LogP contribution in [0.3, 0.4) is 0 Å². The standard InChI is InChI=1S/C55H48BNO2Si/c1-54(2,3)38-27-31-49-46(34-38)56-47-35-39(55(4,5)6)28-32-50(47)59-53-45(48-24-16-17-33-57-48)36-44(52(58-49)51(53)56)37-25-29-43(30-26-37)60(40-18-10-7-11-19-40,41-20-12-8-13-21-41)42-22-14-9-15-23-42/h7-36H,1-6H3. The summed E-state index contributed by atoms with van der Waals surface area (Å²) < 4.78 is 14.3. The Labute approximate surface area is 355 Å². The van der Waals surface area contributed by atoms with Gasteiger partial charge < -0.3 is 9.47 Å². The molecule has 0 unspecified atom stereocenters. The molecule has 0 saturated carbocycles. The molecule has 8 aromatic rings. The number of benzene rings is 7. The Hall–Kier alpha value is -6.43. The molecule has 2 aliphatic rings. The number of pyridine rings is 1. The zero-order valence-corrected chi connectivity index (χ0v) is 36.2. The highest BCUT2D eigenvalue weighted by atomic mass is 28.3. The van der Waals surface area contributed by atoms with Crippen LogP contribution in [-0.2, 0) is 10.8 Å². The monoisotopic (exact) mass is 793 g/mol. The van der Waals surface area contributed by atoms with Crippen LogP contribution in [0.5, 0.6) is 23.0 Å². The van der Waals surface area contributed by atoms with Crippen LogP contribution in [-0.4, -0.2) is 19.8 Å². The van der Waals surface area contributed by atoms with Crippen molar-refractivity contribution >= 4 is 51.9 Å². The summed E-state index contributed by atoms with van der Waals surface area (Å²) in [5.41, 5.74) is 9.74. The van der Waals surface area contributed by atoms with Gasteiger partial charge in [0, 0.05) is 22.8 Å². The van der Waals surface area contributed by atoms with Crippen LogP contribution in [0.15, 0.2) is 182 Å². The van der Waals surface area contributed by atoms with E-state index in [0.29, 0.717) is 0 Å². The van der Waals surface area contributed by atoms with E-state index in [0.717, 1.165) is 61.8 Å². The minimum atomic E-state index is -2.72. The van der Waals surface area contributed by atoms with E-state index in [1.807, 2.05) is 12.3 Å². The Morgan fingerprint density at radius 2 is 0.900 bits per heavy atom. The molecule has 10 rings (SSSR count). The van der Waals surface area contributed by atoms with Crippen molar-refractivity contribution in [3.8, 4) is 45.4 Å². The smallest absolute Gasteiger partial charge is 0.260 e. The van der Waals surface area contributed by atoms with Crippen molar-refractivity contribution in [1.29, 1.82) is 0 Å². The summed E-state index contributed by atoms with van der Waals surface area (Å²) in [5.74, 6) is 3.40. The molecule has 2 aliphatic heterocycles. The fourth-order valence-corrected chi connectivity index (χ4v) is 14.2. The lowest BCUT2D eigenvalue weighted by Gasteiger charge is -2.37. The van der Waals surface area contributed by atoms with Crippen LogP contribution >= 0.6 is 0 Å². The zero-order chi connectivity index (χ0) is 41.2. The summed E-state index contributed by atoms with van der Waals surface area (Å²) in [5, 5.41) is 5.36. The van der Waals surface area contributed by atoms with Gasteiger partial charge in [0.05, 0.1) is 5.69 Å². The van der Waals surface area contributed by atoms with E-state index in [4.69, 9.17) is 14.5 Å². The number of fused-ring (bicyclic) bond motifs is 4. The number of nitrogens with zero attached hydrogens (tertiary/aromatic N) is 1. The Bertz CT molecular complexity index is 2740. The molecule has 5 heteroatoms. The first-order chi connectivity index (χ1) is 29.0. The van der Waals surface area contributed by atoms with E-state index in [1.165, 1.54) is 31.9 Å². The van der Waals surface area contributed by atoms with Gasteiger partial charge in [0.15, 0.2) is 8.07 Å². The van der Waals surface area contributed by atoms with Gasteiger partial charge in [0.1, 0.15) is 23.0 Å². The molecule has 1 aromatic heterocycles. The van der Waals surface area contributed by atoms with Gasteiger partial charge in [-0.3, -0.25) is 4.98 Å². The third kappa shape index (κ3) is 6.22. The van der Waals surface area contributed by atoms with E-state index >= 15 is 0 Å². The van der Waals surface area contributed by atoms with Crippen molar-refractivity contribution in [2.45, 2.75) is 52.4 Å². The van der Waals surface area contributed by atoms with Gasteiger partial charge in [0.2, 0.25) is 0 Å². The van der Waals surface area contributed by atoms with Gasteiger partial charge in [-0.15, -0.1) is 0 Å². The van der Waals surface area contributed by atoms with Crippen LogP contribution in [0.2, 0.25) is 0 Å². The fourth-order valence-electron chi connectivity index (χ4n) is 9.41. The van der Waals surface area contributed by atoms with E-state index in [-0.39, 0.29) is 17.5 Å². The van der Waals surface area contributed by atoms with Crippen LogP contribution in [0.25, 0.3) is 22.4 Å². The van der Waals surface area contributed by atoms with E-state index in [1.54, 1.807) is 0 Å². The normalized spacial score (nSPS) is 13.1.